The fraction of sp³-hybridized carbons (Fsp3) is 0.500. The molecule has 1 aromatic carbocycles. The van der Waals surface area contributed by atoms with Crippen LogP contribution in [-0.2, 0) is 0 Å². The standard InChI is InChI=1S/C14H18ClF2NO/c1-14(2,3)12(4-5-15)18-13(19)9-6-10(16)8-11(17)7-9/h6-8,12H,4-5H2,1-3H3,(H,18,19). The number of nitrogens with one attached hydrogen (secondary N) is 1. The number of carbonyl (C=O) groups is 1. The second-order valence-electron chi connectivity index (χ2n) is 5.53. The monoisotopic (exact) mass is 289 g/mol. The molecule has 0 heterocycles. The molecule has 5 heteroatoms. The summed E-state index contributed by atoms with van der Waals surface area (Å²) in [7, 11) is 0. The van der Waals surface area contributed by atoms with E-state index in [-0.39, 0.29) is 17.0 Å². The normalized spacial score (nSPS) is 13.2. The summed E-state index contributed by atoms with van der Waals surface area (Å²) in [6.07, 6.45) is 0.592. The summed E-state index contributed by atoms with van der Waals surface area (Å²) in [5.74, 6) is -1.63. The van der Waals surface area contributed by atoms with Crippen LogP contribution in [0.5, 0.6) is 0 Å². The van der Waals surface area contributed by atoms with Gasteiger partial charge in [0.25, 0.3) is 5.91 Å². The van der Waals surface area contributed by atoms with Gasteiger partial charge in [-0.05, 0) is 24.0 Å². The fourth-order valence-corrected chi connectivity index (χ4v) is 1.98. The van der Waals surface area contributed by atoms with Crippen molar-refractivity contribution in [3.8, 4) is 0 Å². The molecule has 0 aromatic heterocycles. The van der Waals surface area contributed by atoms with Crippen molar-refractivity contribution in [3.05, 3.63) is 35.4 Å². The van der Waals surface area contributed by atoms with Gasteiger partial charge in [-0.1, -0.05) is 20.8 Å². The van der Waals surface area contributed by atoms with Crippen molar-refractivity contribution in [2.45, 2.75) is 33.2 Å². The first-order valence-corrected chi connectivity index (χ1v) is 6.60. The highest BCUT2D eigenvalue weighted by atomic mass is 35.5. The third-order valence-corrected chi connectivity index (χ3v) is 3.09. The summed E-state index contributed by atoms with van der Waals surface area (Å²) >= 11 is 5.71. The molecule has 0 saturated carbocycles. The summed E-state index contributed by atoms with van der Waals surface area (Å²) < 4.78 is 26.1. The van der Waals surface area contributed by atoms with Crippen LogP contribution in [0.25, 0.3) is 0 Å². The van der Waals surface area contributed by atoms with E-state index in [9.17, 15) is 13.6 Å². The van der Waals surface area contributed by atoms with Crippen molar-refractivity contribution in [1.29, 1.82) is 0 Å². The average Bonchev–Trinajstić information content (AvgIpc) is 2.25. The van der Waals surface area contributed by atoms with E-state index in [4.69, 9.17) is 11.6 Å². The van der Waals surface area contributed by atoms with Gasteiger partial charge < -0.3 is 5.32 Å². The van der Waals surface area contributed by atoms with Crippen molar-refractivity contribution < 1.29 is 13.6 Å². The molecule has 0 bridgehead atoms. The Hall–Kier alpha value is -1.16. The number of benzene rings is 1. The van der Waals surface area contributed by atoms with Crippen LogP contribution < -0.4 is 5.32 Å². The van der Waals surface area contributed by atoms with E-state index >= 15 is 0 Å². The third-order valence-electron chi connectivity index (χ3n) is 2.87. The Bertz CT molecular complexity index is 437. The molecular formula is C14H18ClF2NO. The molecule has 0 fully saturated rings. The summed E-state index contributed by atoms with van der Waals surface area (Å²) in [5.41, 5.74) is -0.211. The third kappa shape index (κ3) is 4.78. The SMILES string of the molecule is CC(C)(C)C(CCCl)NC(=O)c1cc(F)cc(F)c1. The predicted molar refractivity (Wildman–Crippen MR) is 72.4 cm³/mol. The van der Waals surface area contributed by atoms with E-state index in [0.717, 1.165) is 18.2 Å². The predicted octanol–water partition coefficient (Wildman–Crippen LogP) is 3.74. The lowest BCUT2D eigenvalue weighted by Crippen LogP contribution is -2.44. The number of hydrogen-bond acceptors (Lipinski definition) is 1. The number of rotatable bonds is 4. The summed E-state index contributed by atoms with van der Waals surface area (Å²) in [5, 5.41) is 2.77. The Labute approximate surface area is 117 Å². The van der Waals surface area contributed by atoms with Crippen LogP contribution in [0.4, 0.5) is 8.78 Å². The minimum atomic E-state index is -0.769. The lowest BCUT2D eigenvalue weighted by molar-refractivity contribution is 0.0899. The highest BCUT2D eigenvalue weighted by Crippen LogP contribution is 2.22. The van der Waals surface area contributed by atoms with Crippen molar-refractivity contribution in [1.82, 2.24) is 5.32 Å². The largest absolute Gasteiger partial charge is 0.349 e. The Morgan fingerprint density at radius 2 is 1.79 bits per heavy atom. The van der Waals surface area contributed by atoms with Crippen LogP contribution in [0.1, 0.15) is 37.6 Å². The smallest absolute Gasteiger partial charge is 0.251 e. The second-order valence-corrected chi connectivity index (χ2v) is 5.91. The molecule has 1 atom stereocenters. The Balaban J connectivity index is 2.87. The molecule has 0 aliphatic rings. The maximum atomic E-state index is 13.1. The number of hydrogen-bond donors (Lipinski definition) is 1. The lowest BCUT2D eigenvalue weighted by Gasteiger charge is -2.31. The molecule has 0 saturated heterocycles. The van der Waals surface area contributed by atoms with Crippen LogP contribution in [0.3, 0.4) is 0 Å². The van der Waals surface area contributed by atoms with E-state index in [2.05, 4.69) is 5.32 Å². The molecule has 1 N–H and O–H groups in total. The maximum absolute atomic E-state index is 13.1. The van der Waals surface area contributed by atoms with E-state index < -0.39 is 17.5 Å². The molecule has 19 heavy (non-hydrogen) atoms. The van der Waals surface area contributed by atoms with Gasteiger partial charge in [-0.25, -0.2) is 8.78 Å². The Kier molecular flexibility index (Phi) is 5.29. The number of amides is 1. The van der Waals surface area contributed by atoms with Crippen molar-refractivity contribution >= 4 is 17.5 Å². The second kappa shape index (κ2) is 6.33. The lowest BCUT2D eigenvalue weighted by atomic mass is 9.85. The summed E-state index contributed by atoms with van der Waals surface area (Å²) in [6.45, 7) is 5.91. The Morgan fingerprint density at radius 3 is 2.21 bits per heavy atom. The molecule has 0 aliphatic heterocycles. The number of alkyl halides is 1. The zero-order valence-corrected chi connectivity index (χ0v) is 12.0. The number of carbonyl (C=O) groups excluding carboxylic acids is 1. The molecule has 106 valence electrons. The van der Waals surface area contributed by atoms with Gasteiger partial charge in [0.05, 0.1) is 0 Å². The fourth-order valence-electron chi connectivity index (χ4n) is 1.76. The molecule has 0 spiro atoms. The van der Waals surface area contributed by atoms with Gasteiger partial charge in [0, 0.05) is 23.6 Å². The average molecular weight is 290 g/mol. The molecule has 1 aromatic rings. The van der Waals surface area contributed by atoms with Gasteiger partial charge in [0.15, 0.2) is 0 Å². The van der Waals surface area contributed by atoms with Crippen LogP contribution in [0, 0.1) is 17.0 Å². The minimum Gasteiger partial charge on any atom is -0.349 e. The first-order chi connectivity index (χ1) is 8.74. The first-order valence-electron chi connectivity index (χ1n) is 6.07. The van der Waals surface area contributed by atoms with Gasteiger partial charge in [-0.3, -0.25) is 4.79 Å². The van der Waals surface area contributed by atoms with Gasteiger partial charge in [0.2, 0.25) is 0 Å². The molecule has 2 nitrogen and oxygen atoms in total. The van der Waals surface area contributed by atoms with E-state index in [1.165, 1.54) is 0 Å². The van der Waals surface area contributed by atoms with Crippen molar-refractivity contribution in [2.75, 3.05) is 5.88 Å². The molecular weight excluding hydrogens is 272 g/mol. The molecule has 1 rings (SSSR count). The maximum Gasteiger partial charge on any atom is 0.251 e. The van der Waals surface area contributed by atoms with Gasteiger partial charge >= 0.3 is 0 Å². The van der Waals surface area contributed by atoms with Crippen LogP contribution >= 0.6 is 11.6 Å². The topological polar surface area (TPSA) is 29.1 Å². The van der Waals surface area contributed by atoms with Crippen LogP contribution in [-0.4, -0.2) is 17.8 Å². The van der Waals surface area contributed by atoms with E-state index in [1.807, 2.05) is 20.8 Å². The molecule has 1 unspecified atom stereocenters. The minimum absolute atomic E-state index is 0.0266. The zero-order chi connectivity index (χ0) is 14.6. The van der Waals surface area contributed by atoms with Gasteiger partial charge in [-0.2, -0.15) is 0 Å². The summed E-state index contributed by atoms with van der Waals surface area (Å²) in [4.78, 5) is 12.0. The zero-order valence-electron chi connectivity index (χ0n) is 11.3. The summed E-state index contributed by atoms with van der Waals surface area (Å²) in [6, 6.07) is 2.60. The van der Waals surface area contributed by atoms with Crippen LogP contribution in [0.15, 0.2) is 18.2 Å². The van der Waals surface area contributed by atoms with Crippen molar-refractivity contribution in [3.63, 3.8) is 0 Å². The first kappa shape index (κ1) is 15.9. The molecule has 0 aliphatic carbocycles. The molecule has 1 amide bonds. The number of halogens is 3. The van der Waals surface area contributed by atoms with Gasteiger partial charge in [0.1, 0.15) is 11.6 Å². The van der Waals surface area contributed by atoms with E-state index in [1.54, 1.807) is 0 Å². The van der Waals surface area contributed by atoms with E-state index in [0.29, 0.717) is 12.3 Å². The Morgan fingerprint density at radius 1 is 1.26 bits per heavy atom. The molecule has 0 radical (unpaired) electrons. The highest BCUT2D eigenvalue weighted by Gasteiger charge is 2.26. The van der Waals surface area contributed by atoms with Crippen LogP contribution in [0.2, 0.25) is 0 Å². The highest BCUT2D eigenvalue weighted by molar-refractivity contribution is 6.17. The van der Waals surface area contributed by atoms with Crippen molar-refractivity contribution in [2.24, 2.45) is 5.41 Å². The quantitative estimate of drug-likeness (QED) is 0.841. The van der Waals surface area contributed by atoms with Gasteiger partial charge in [-0.15, -0.1) is 11.6 Å².